The molecule has 1 saturated heterocycles. The Labute approximate surface area is 113 Å². The van der Waals surface area contributed by atoms with Crippen molar-refractivity contribution < 1.29 is 5.11 Å². The van der Waals surface area contributed by atoms with E-state index in [2.05, 4.69) is 32.6 Å². The lowest BCUT2D eigenvalue weighted by Crippen LogP contribution is -2.51. The van der Waals surface area contributed by atoms with Crippen molar-refractivity contribution in [2.24, 2.45) is 17.3 Å². The van der Waals surface area contributed by atoms with Gasteiger partial charge in [-0.25, -0.2) is 0 Å². The molecular weight excluding hydrogens is 222 g/mol. The molecule has 4 atom stereocenters. The van der Waals surface area contributed by atoms with Crippen molar-refractivity contribution in [3.05, 3.63) is 0 Å². The fourth-order valence-electron chi connectivity index (χ4n) is 4.15. The van der Waals surface area contributed by atoms with Gasteiger partial charge in [0.1, 0.15) is 0 Å². The number of hydrogen-bond acceptors (Lipinski definition) is 2. The van der Waals surface area contributed by atoms with E-state index in [0.29, 0.717) is 23.3 Å². The van der Waals surface area contributed by atoms with Crippen molar-refractivity contribution in [1.82, 2.24) is 4.90 Å². The van der Waals surface area contributed by atoms with E-state index >= 15 is 0 Å². The predicted octanol–water partition coefficient (Wildman–Crippen LogP) is 3.29. The SMILES string of the molecule is CC1CC(C)C(N2CCCC(C)(C)CC2)C(O)C1. The smallest absolute Gasteiger partial charge is 0.0700 e. The number of aliphatic hydroxyl groups excluding tert-OH is 1. The molecule has 1 heterocycles. The monoisotopic (exact) mass is 253 g/mol. The maximum atomic E-state index is 10.4. The third-order valence-corrected chi connectivity index (χ3v) is 5.19. The first-order valence-corrected chi connectivity index (χ1v) is 7.81. The summed E-state index contributed by atoms with van der Waals surface area (Å²) < 4.78 is 0. The van der Waals surface area contributed by atoms with E-state index in [1.54, 1.807) is 0 Å². The van der Waals surface area contributed by atoms with Gasteiger partial charge in [0.15, 0.2) is 0 Å². The van der Waals surface area contributed by atoms with Crippen LogP contribution in [0, 0.1) is 17.3 Å². The van der Waals surface area contributed by atoms with Crippen LogP contribution in [-0.4, -0.2) is 35.2 Å². The summed E-state index contributed by atoms with van der Waals surface area (Å²) in [5, 5.41) is 10.4. The minimum absolute atomic E-state index is 0.107. The summed E-state index contributed by atoms with van der Waals surface area (Å²) in [6.45, 7) is 11.7. The maximum Gasteiger partial charge on any atom is 0.0700 e. The number of nitrogens with zero attached hydrogens (tertiary/aromatic N) is 1. The van der Waals surface area contributed by atoms with Crippen molar-refractivity contribution in [3.63, 3.8) is 0 Å². The zero-order chi connectivity index (χ0) is 13.3. The van der Waals surface area contributed by atoms with E-state index in [1.165, 1.54) is 38.8 Å². The molecule has 1 N–H and O–H groups in total. The molecule has 0 radical (unpaired) electrons. The van der Waals surface area contributed by atoms with Crippen LogP contribution in [0.5, 0.6) is 0 Å². The van der Waals surface area contributed by atoms with E-state index in [1.807, 2.05) is 0 Å². The summed E-state index contributed by atoms with van der Waals surface area (Å²) in [7, 11) is 0. The third-order valence-electron chi connectivity index (χ3n) is 5.19. The molecule has 2 aliphatic rings. The van der Waals surface area contributed by atoms with E-state index < -0.39 is 0 Å². The standard InChI is InChI=1S/C16H31NO/c1-12-10-13(2)15(14(18)11-12)17-8-5-6-16(3,4)7-9-17/h12-15,18H,5-11H2,1-4H3. The molecule has 2 heteroatoms. The Morgan fingerprint density at radius 2 is 1.78 bits per heavy atom. The maximum absolute atomic E-state index is 10.4. The Morgan fingerprint density at radius 1 is 1.06 bits per heavy atom. The Balaban J connectivity index is 2.01. The molecule has 0 bridgehead atoms. The molecule has 1 aliphatic carbocycles. The van der Waals surface area contributed by atoms with Gasteiger partial charge in [-0.3, -0.25) is 4.90 Å². The summed E-state index contributed by atoms with van der Waals surface area (Å²) in [4.78, 5) is 2.59. The van der Waals surface area contributed by atoms with Gasteiger partial charge in [0.25, 0.3) is 0 Å². The van der Waals surface area contributed by atoms with Gasteiger partial charge in [0.2, 0.25) is 0 Å². The number of aliphatic hydroxyl groups is 1. The lowest BCUT2D eigenvalue weighted by molar-refractivity contribution is -0.0240. The molecule has 0 aromatic rings. The Bertz CT molecular complexity index is 264. The molecule has 2 fully saturated rings. The van der Waals surface area contributed by atoms with Crippen molar-refractivity contribution in [1.29, 1.82) is 0 Å². The van der Waals surface area contributed by atoms with Crippen LogP contribution in [0.15, 0.2) is 0 Å². The first kappa shape index (κ1) is 14.3. The minimum Gasteiger partial charge on any atom is -0.391 e. The lowest BCUT2D eigenvalue weighted by atomic mass is 9.77. The number of rotatable bonds is 1. The molecular formula is C16H31NO. The normalized spacial score (nSPS) is 42.5. The van der Waals surface area contributed by atoms with Crippen LogP contribution in [0.4, 0.5) is 0 Å². The third kappa shape index (κ3) is 3.27. The molecule has 0 aromatic carbocycles. The van der Waals surface area contributed by atoms with Crippen molar-refractivity contribution in [2.45, 2.75) is 71.9 Å². The van der Waals surface area contributed by atoms with Crippen LogP contribution in [0.1, 0.15) is 59.8 Å². The van der Waals surface area contributed by atoms with E-state index in [0.717, 1.165) is 6.42 Å². The fraction of sp³-hybridized carbons (Fsp3) is 1.00. The van der Waals surface area contributed by atoms with Crippen LogP contribution < -0.4 is 0 Å². The number of hydrogen-bond donors (Lipinski definition) is 1. The molecule has 1 saturated carbocycles. The first-order chi connectivity index (χ1) is 8.39. The Kier molecular flexibility index (Phi) is 4.38. The molecule has 0 spiro atoms. The van der Waals surface area contributed by atoms with Crippen LogP contribution in [-0.2, 0) is 0 Å². The Hall–Kier alpha value is -0.0800. The van der Waals surface area contributed by atoms with Gasteiger partial charge in [0.05, 0.1) is 6.10 Å². The topological polar surface area (TPSA) is 23.5 Å². The van der Waals surface area contributed by atoms with Gasteiger partial charge in [-0.05, 0) is 62.4 Å². The highest BCUT2D eigenvalue weighted by Crippen LogP contribution is 2.36. The molecule has 2 rings (SSSR count). The van der Waals surface area contributed by atoms with E-state index in [-0.39, 0.29) is 6.10 Å². The minimum atomic E-state index is -0.107. The lowest BCUT2D eigenvalue weighted by Gasteiger charge is -2.43. The van der Waals surface area contributed by atoms with E-state index in [9.17, 15) is 5.11 Å². The highest BCUT2D eigenvalue weighted by molar-refractivity contribution is 4.91. The van der Waals surface area contributed by atoms with Crippen LogP contribution >= 0.6 is 0 Å². The van der Waals surface area contributed by atoms with Crippen LogP contribution in [0.2, 0.25) is 0 Å². The zero-order valence-corrected chi connectivity index (χ0v) is 12.7. The van der Waals surface area contributed by atoms with Gasteiger partial charge in [-0.15, -0.1) is 0 Å². The molecule has 0 aromatic heterocycles. The first-order valence-electron chi connectivity index (χ1n) is 7.81. The summed E-state index contributed by atoms with van der Waals surface area (Å²) >= 11 is 0. The van der Waals surface area contributed by atoms with E-state index in [4.69, 9.17) is 0 Å². The second-order valence-electron chi connectivity index (χ2n) is 7.67. The number of likely N-dealkylation sites (tertiary alicyclic amines) is 1. The quantitative estimate of drug-likeness (QED) is 0.775. The zero-order valence-electron chi connectivity index (χ0n) is 12.7. The molecule has 0 amide bonds. The van der Waals surface area contributed by atoms with Crippen molar-refractivity contribution >= 4 is 0 Å². The molecule has 18 heavy (non-hydrogen) atoms. The van der Waals surface area contributed by atoms with Gasteiger partial charge in [-0.1, -0.05) is 27.7 Å². The Morgan fingerprint density at radius 3 is 2.44 bits per heavy atom. The molecule has 1 aliphatic heterocycles. The highest BCUT2D eigenvalue weighted by atomic mass is 16.3. The van der Waals surface area contributed by atoms with Crippen LogP contribution in [0.25, 0.3) is 0 Å². The van der Waals surface area contributed by atoms with Crippen molar-refractivity contribution in [2.75, 3.05) is 13.1 Å². The molecule has 106 valence electrons. The largest absolute Gasteiger partial charge is 0.391 e. The second kappa shape index (κ2) is 5.50. The molecule has 2 nitrogen and oxygen atoms in total. The van der Waals surface area contributed by atoms with Gasteiger partial charge in [0, 0.05) is 6.04 Å². The highest BCUT2D eigenvalue weighted by Gasteiger charge is 2.37. The average molecular weight is 253 g/mol. The fourth-order valence-corrected chi connectivity index (χ4v) is 4.15. The van der Waals surface area contributed by atoms with Gasteiger partial charge in [-0.2, -0.15) is 0 Å². The van der Waals surface area contributed by atoms with Gasteiger partial charge < -0.3 is 5.11 Å². The predicted molar refractivity (Wildman–Crippen MR) is 76.6 cm³/mol. The average Bonchev–Trinajstić information content (AvgIpc) is 2.39. The van der Waals surface area contributed by atoms with Crippen molar-refractivity contribution in [3.8, 4) is 0 Å². The second-order valence-corrected chi connectivity index (χ2v) is 7.67. The summed E-state index contributed by atoms with van der Waals surface area (Å²) in [5.74, 6) is 1.33. The molecule has 4 unspecified atom stereocenters. The van der Waals surface area contributed by atoms with Gasteiger partial charge >= 0.3 is 0 Å². The van der Waals surface area contributed by atoms with Crippen LogP contribution in [0.3, 0.4) is 0 Å². The summed E-state index contributed by atoms with van der Waals surface area (Å²) in [5.41, 5.74) is 0.491. The summed E-state index contributed by atoms with van der Waals surface area (Å²) in [6, 6.07) is 0.412. The summed E-state index contributed by atoms with van der Waals surface area (Å²) in [6.07, 6.45) is 6.06.